The number of halogens is 7. The summed E-state index contributed by atoms with van der Waals surface area (Å²) < 4.78 is 95.1. The molecule has 1 aliphatic rings. The quantitative estimate of drug-likeness (QED) is 0.497. The van der Waals surface area contributed by atoms with Gasteiger partial charge in [0.15, 0.2) is 0 Å². The first-order chi connectivity index (χ1) is 16.2. The third-order valence-electron chi connectivity index (χ3n) is 5.40. The van der Waals surface area contributed by atoms with Crippen LogP contribution in [0, 0.1) is 5.82 Å². The van der Waals surface area contributed by atoms with Gasteiger partial charge < -0.3 is 10.8 Å². The van der Waals surface area contributed by atoms with Crippen molar-refractivity contribution in [2.24, 2.45) is 10.7 Å². The number of aromatic carboxylic acids is 1. The predicted molar refractivity (Wildman–Crippen MR) is 111 cm³/mol. The van der Waals surface area contributed by atoms with Crippen molar-refractivity contribution in [3.63, 3.8) is 0 Å². The topological polar surface area (TPSA) is 92.8 Å². The summed E-state index contributed by atoms with van der Waals surface area (Å²) in [4.78, 5) is 27.3. The van der Waals surface area contributed by atoms with Crippen molar-refractivity contribution in [1.29, 1.82) is 0 Å². The summed E-state index contributed by atoms with van der Waals surface area (Å²) in [5.41, 5.74) is -0.0869. The van der Waals surface area contributed by atoms with E-state index in [1.165, 1.54) is 0 Å². The lowest BCUT2D eigenvalue weighted by molar-refractivity contribution is -0.143. The summed E-state index contributed by atoms with van der Waals surface area (Å²) in [6.07, 6.45) is -9.48. The summed E-state index contributed by atoms with van der Waals surface area (Å²) in [6.45, 7) is 0. The molecule has 1 saturated carbocycles. The van der Waals surface area contributed by atoms with E-state index in [2.05, 4.69) is 4.99 Å². The molecule has 0 bridgehead atoms. The van der Waals surface area contributed by atoms with Gasteiger partial charge in [0.2, 0.25) is 0 Å². The predicted octanol–water partition coefficient (Wildman–Crippen LogP) is 6.09. The fourth-order valence-electron chi connectivity index (χ4n) is 3.77. The molecule has 0 radical (unpaired) electrons. The molecule has 2 aromatic rings. The van der Waals surface area contributed by atoms with Crippen LogP contribution in [-0.4, -0.2) is 22.7 Å². The van der Waals surface area contributed by atoms with Crippen LogP contribution in [0.4, 0.5) is 30.7 Å². The van der Waals surface area contributed by atoms with Crippen LogP contribution in [-0.2, 0) is 12.4 Å². The van der Waals surface area contributed by atoms with Crippen LogP contribution in [0.25, 0.3) is 5.70 Å². The number of carboxylic acids is 1. The van der Waals surface area contributed by atoms with E-state index in [9.17, 15) is 40.3 Å². The first-order valence-corrected chi connectivity index (χ1v) is 10.1. The van der Waals surface area contributed by atoms with Crippen molar-refractivity contribution >= 4 is 23.3 Å². The van der Waals surface area contributed by atoms with Crippen LogP contribution in [0.5, 0.6) is 0 Å². The molecule has 0 heterocycles. The summed E-state index contributed by atoms with van der Waals surface area (Å²) >= 11 is 0. The Morgan fingerprint density at radius 2 is 1.49 bits per heavy atom. The van der Waals surface area contributed by atoms with E-state index in [0.29, 0.717) is 37.1 Å². The molecule has 186 valence electrons. The standard InChI is InChI=1S/C23H17F7N2O3/c24-16-10-11(21(34)35)8-9-12(16)19(31)13-4-1-2-7-17(13)32-20(33)18-14(22(25,26)27)5-3-6-15(18)23(28,29)30/h3,5-6,8-10H,1-2,4,7,31H2,(H,34,35)/b19-13-,32-17?. The fraction of sp³-hybridized carbons (Fsp3) is 0.261. The van der Waals surface area contributed by atoms with Gasteiger partial charge in [0.25, 0.3) is 5.91 Å². The summed E-state index contributed by atoms with van der Waals surface area (Å²) in [5, 5.41) is 8.97. The van der Waals surface area contributed by atoms with Gasteiger partial charge in [-0.2, -0.15) is 26.3 Å². The number of carbonyl (C=O) groups is 2. The molecule has 0 aromatic heterocycles. The number of nitrogens with zero attached hydrogens (tertiary/aromatic N) is 1. The van der Waals surface area contributed by atoms with E-state index in [-0.39, 0.29) is 41.0 Å². The second kappa shape index (κ2) is 9.51. The second-order valence-corrected chi connectivity index (χ2v) is 7.69. The van der Waals surface area contributed by atoms with Crippen LogP contribution < -0.4 is 5.73 Å². The van der Waals surface area contributed by atoms with E-state index in [1.54, 1.807) is 0 Å². The largest absolute Gasteiger partial charge is 0.478 e. The minimum absolute atomic E-state index is 0.00609. The molecule has 0 saturated heterocycles. The number of hydrogen-bond donors (Lipinski definition) is 2. The van der Waals surface area contributed by atoms with Crippen molar-refractivity contribution in [2.75, 3.05) is 0 Å². The number of aliphatic imine (C=N–C) groups is 1. The SMILES string of the molecule is N/C(=C1/CCCCC1=NC(=O)c1c(C(F)(F)F)cccc1C(F)(F)F)c1ccc(C(=O)O)cc1F. The van der Waals surface area contributed by atoms with Gasteiger partial charge in [-0.15, -0.1) is 0 Å². The second-order valence-electron chi connectivity index (χ2n) is 7.69. The molecule has 3 rings (SSSR count). The average molecular weight is 502 g/mol. The number of alkyl halides is 6. The number of nitrogens with two attached hydrogens (primary N) is 1. The van der Waals surface area contributed by atoms with Gasteiger partial charge in [0, 0.05) is 17.0 Å². The smallest absolute Gasteiger partial charge is 0.417 e. The number of amides is 1. The van der Waals surface area contributed by atoms with Crippen molar-refractivity contribution in [3.05, 3.63) is 75.6 Å². The van der Waals surface area contributed by atoms with Crippen LogP contribution in [0.2, 0.25) is 0 Å². The van der Waals surface area contributed by atoms with Crippen LogP contribution in [0.15, 0.2) is 47.0 Å². The van der Waals surface area contributed by atoms with Crippen LogP contribution >= 0.6 is 0 Å². The number of carbonyl (C=O) groups excluding carboxylic acids is 1. The van der Waals surface area contributed by atoms with Gasteiger partial charge in [-0.25, -0.2) is 14.2 Å². The van der Waals surface area contributed by atoms with Crippen LogP contribution in [0.1, 0.15) is 63.1 Å². The summed E-state index contributed by atoms with van der Waals surface area (Å²) in [6, 6.07) is 4.13. The number of hydrogen-bond acceptors (Lipinski definition) is 3. The number of rotatable bonds is 3. The van der Waals surface area contributed by atoms with Crippen molar-refractivity contribution in [1.82, 2.24) is 0 Å². The molecule has 0 spiro atoms. The average Bonchev–Trinajstić information content (AvgIpc) is 2.77. The van der Waals surface area contributed by atoms with Crippen molar-refractivity contribution in [2.45, 2.75) is 38.0 Å². The normalized spacial score (nSPS) is 17.4. The molecule has 1 amide bonds. The van der Waals surface area contributed by atoms with Crippen molar-refractivity contribution in [3.8, 4) is 0 Å². The van der Waals surface area contributed by atoms with Gasteiger partial charge in [-0.05, 0) is 61.6 Å². The Balaban J connectivity index is 2.15. The minimum atomic E-state index is -5.26. The number of carboxylic acid groups (broad SMARTS) is 1. The molecule has 1 fully saturated rings. The molecule has 0 unspecified atom stereocenters. The third kappa shape index (κ3) is 5.52. The lowest BCUT2D eigenvalue weighted by Crippen LogP contribution is -2.21. The Hall–Kier alpha value is -3.70. The molecule has 3 N–H and O–H groups in total. The Bertz CT molecular complexity index is 1210. The van der Waals surface area contributed by atoms with E-state index in [4.69, 9.17) is 10.8 Å². The summed E-state index contributed by atoms with van der Waals surface area (Å²) in [5.74, 6) is -4.15. The molecular formula is C23H17F7N2O3. The molecule has 1 aliphatic carbocycles. The fourth-order valence-corrected chi connectivity index (χ4v) is 3.77. The Morgan fingerprint density at radius 3 is 2.00 bits per heavy atom. The first-order valence-electron chi connectivity index (χ1n) is 10.1. The monoisotopic (exact) mass is 502 g/mol. The molecule has 0 aliphatic heterocycles. The highest BCUT2D eigenvalue weighted by Crippen LogP contribution is 2.40. The maximum absolute atomic E-state index is 14.5. The first kappa shape index (κ1) is 25.9. The van der Waals surface area contributed by atoms with E-state index >= 15 is 0 Å². The van der Waals surface area contributed by atoms with Crippen molar-refractivity contribution < 1.29 is 45.4 Å². The minimum Gasteiger partial charge on any atom is -0.478 e. The van der Waals surface area contributed by atoms with Gasteiger partial charge >= 0.3 is 18.3 Å². The Labute approximate surface area is 193 Å². The maximum Gasteiger partial charge on any atom is 0.417 e. The Kier molecular flexibility index (Phi) is 7.04. The summed E-state index contributed by atoms with van der Waals surface area (Å²) in [7, 11) is 0. The zero-order valence-corrected chi connectivity index (χ0v) is 17.7. The lowest BCUT2D eigenvalue weighted by Gasteiger charge is -2.21. The highest BCUT2D eigenvalue weighted by atomic mass is 19.4. The molecular weight excluding hydrogens is 485 g/mol. The van der Waals surface area contributed by atoms with E-state index in [0.717, 1.165) is 12.1 Å². The Morgan fingerprint density at radius 1 is 0.914 bits per heavy atom. The van der Waals surface area contributed by atoms with Gasteiger partial charge in [-0.1, -0.05) is 6.07 Å². The van der Waals surface area contributed by atoms with Gasteiger partial charge in [-0.3, -0.25) is 4.79 Å². The molecule has 12 heteroatoms. The molecule has 35 heavy (non-hydrogen) atoms. The third-order valence-corrected chi connectivity index (χ3v) is 5.40. The zero-order chi connectivity index (χ0) is 26.1. The number of benzene rings is 2. The van der Waals surface area contributed by atoms with E-state index < -0.39 is 46.7 Å². The zero-order valence-electron chi connectivity index (χ0n) is 17.7. The highest BCUT2D eigenvalue weighted by Gasteiger charge is 2.43. The van der Waals surface area contributed by atoms with E-state index in [1.807, 2.05) is 0 Å². The van der Waals surface area contributed by atoms with Gasteiger partial charge in [0.05, 0.1) is 22.3 Å². The van der Waals surface area contributed by atoms with Gasteiger partial charge in [0.1, 0.15) is 5.82 Å². The number of allylic oxidation sites excluding steroid dienone is 1. The molecule has 0 atom stereocenters. The highest BCUT2D eigenvalue weighted by molar-refractivity contribution is 6.14. The molecule has 5 nitrogen and oxygen atoms in total. The van der Waals surface area contributed by atoms with Crippen LogP contribution in [0.3, 0.4) is 0 Å². The maximum atomic E-state index is 14.5. The lowest BCUT2D eigenvalue weighted by atomic mass is 9.89. The molecule has 2 aromatic carbocycles.